The molecule has 0 unspecified atom stereocenters. The molecule has 2 heterocycles. The molecule has 0 spiro atoms. The number of aliphatic carboxylic acids is 1. The summed E-state index contributed by atoms with van der Waals surface area (Å²) in [6.07, 6.45) is 0.681. The Labute approximate surface area is 114 Å². The molecule has 2 bridgehead atoms. The zero-order chi connectivity index (χ0) is 14.3. The van der Waals surface area contributed by atoms with Crippen LogP contribution in [0.15, 0.2) is 24.3 Å². The van der Waals surface area contributed by atoms with Crippen molar-refractivity contribution in [3.8, 4) is 0 Å². The second kappa shape index (κ2) is 4.86. The van der Waals surface area contributed by atoms with Crippen molar-refractivity contribution in [3.05, 3.63) is 30.1 Å². The Bertz CT molecular complexity index is 545. The minimum absolute atomic E-state index is 0.332. The monoisotopic (exact) mass is 279 g/mol. The van der Waals surface area contributed by atoms with E-state index in [1.165, 1.54) is 24.3 Å². The van der Waals surface area contributed by atoms with Gasteiger partial charge in [0.05, 0.1) is 24.0 Å². The van der Waals surface area contributed by atoms with Crippen molar-refractivity contribution in [1.82, 2.24) is 0 Å². The van der Waals surface area contributed by atoms with Crippen LogP contribution >= 0.6 is 0 Å². The van der Waals surface area contributed by atoms with Crippen LogP contribution in [0.3, 0.4) is 0 Å². The lowest BCUT2D eigenvalue weighted by atomic mass is 9.78. The van der Waals surface area contributed by atoms with Crippen LogP contribution in [-0.2, 0) is 14.3 Å². The number of carbonyl (C=O) groups excluding carboxylic acids is 1. The first-order valence-corrected chi connectivity index (χ1v) is 6.51. The Kier molecular flexibility index (Phi) is 3.17. The minimum atomic E-state index is -1.00. The molecule has 0 aliphatic carbocycles. The van der Waals surface area contributed by atoms with Gasteiger partial charge in [-0.1, -0.05) is 0 Å². The topological polar surface area (TPSA) is 75.6 Å². The zero-order valence-electron chi connectivity index (χ0n) is 10.6. The molecule has 5 nitrogen and oxygen atoms in total. The Morgan fingerprint density at radius 1 is 1.15 bits per heavy atom. The van der Waals surface area contributed by atoms with E-state index < -0.39 is 23.6 Å². The van der Waals surface area contributed by atoms with Gasteiger partial charge in [0.25, 0.3) is 0 Å². The maximum atomic E-state index is 12.8. The fourth-order valence-corrected chi connectivity index (χ4v) is 3.08. The number of hydrogen-bond donors (Lipinski definition) is 2. The van der Waals surface area contributed by atoms with Gasteiger partial charge < -0.3 is 15.2 Å². The Morgan fingerprint density at radius 2 is 1.75 bits per heavy atom. The molecule has 1 aromatic rings. The van der Waals surface area contributed by atoms with E-state index >= 15 is 0 Å². The summed E-state index contributed by atoms with van der Waals surface area (Å²) in [5.74, 6) is -3.26. The van der Waals surface area contributed by atoms with Crippen LogP contribution in [0.2, 0.25) is 0 Å². The molecule has 4 atom stereocenters. The van der Waals surface area contributed by atoms with Crippen molar-refractivity contribution in [2.75, 3.05) is 5.32 Å². The summed E-state index contributed by atoms with van der Waals surface area (Å²) < 4.78 is 18.3. The minimum Gasteiger partial charge on any atom is -0.481 e. The molecular formula is C14H14FNO4. The molecule has 106 valence electrons. The average molecular weight is 279 g/mol. The van der Waals surface area contributed by atoms with E-state index in [0.29, 0.717) is 18.5 Å². The molecule has 1 amide bonds. The zero-order valence-corrected chi connectivity index (χ0v) is 10.6. The maximum absolute atomic E-state index is 12.8. The van der Waals surface area contributed by atoms with E-state index in [2.05, 4.69) is 5.32 Å². The van der Waals surface area contributed by atoms with Crippen molar-refractivity contribution in [2.24, 2.45) is 11.8 Å². The highest BCUT2D eigenvalue weighted by atomic mass is 19.1. The number of hydrogen-bond acceptors (Lipinski definition) is 3. The highest BCUT2D eigenvalue weighted by Crippen LogP contribution is 2.44. The second-order valence-electron chi connectivity index (χ2n) is 5.18. The lowest BCUT2D eigenvalue weighted by molar-refractivity contribution is -0.147. The predicted molar refractivity (Wildman–Crippen MR) is 67.5 cm³/mol. The first-order chi connectivity index (χ1) is 9.56. The summed E-state index contributed by atoms with van der Waals surface area (Å²) in [6.45, 7) is 0. The summed E-state index contributed by atoms with van der Waals surface area (Å²) in [6, 6.07) is 5.36. The van der Waals surface area contributed by atoms with Gasteiger partial charge in [-0.3, -0.25) is 9.59 Å². The van der Waals surface area contributed by atoms with Crippen molar-refractivity contribution in [2.45, 2.75) is 25.0 Å². The fourth-order valence-electron chi connectivity index (χ4n) is 3.08. The van der Waals surface area contributed by atoms with Crippen molar-refractivity contribution >= 4 is 17.6 Å². The number of halogens is 1. The van der Waals surface area contributed by atoms with Crippen molar-refractivity contribution in [1.29, 1.82) is 0 Å². The Hall–Kier alpha value is -1.95. The number of carbonyl (C=O) groups is 2. The molecule has 1 aromatic carbocycles. The van der Waals surface area contributed by atoms with Crippen molar-refractivity contribution in [3.63, 3.8) is 0 Å². The van der Waals surface area contributed by atoms with Crippen LogP contribution in [0.4, 0.5) is 10.1 Å². The lowest BCUT2D eigenvalue weighted by Gasteiger charge is -2.23. The van der Waals surface area contributed by atoms with Crippen LogP contribution < -0.4 is 5.32 Å². The maximum Gasteiger partial charge on any atom is 0.310 e. The number of benzene rings is 1. The third kappa shape index (κ3) is 2.16. The Morgan fingerprint density at radius 3 is 2.35 bits per heavy atom. The smallest absolute Gasteiger partial charge is 0.310 e. The van der Waals surface area contributed by atoms with E-state index in [4.69, 9.17) is 4.74 Å². The van der Waals surface area contributed by atoms with Gasteiger partial charge in [-0.15, -0.1) is 0 Å². The summed E-state index contributed by atoms with van der Waals surface area (Å²) in [5, 5.41) is 11.9. The first kappa shape index (κ1) is 13.1. The molecule has 2 aliphatic rings. The number of rotatable bonds is 3. The Balaban J connectivity index is 1.76. The molecular weight excluding hydrogens is 265 g/mol. The summed E-state index contributed by atoms with van der Waals surface area (Å²) in [7, 11) is 0. The average Bonchev–Trinajstić information content (AvgIpc) is 3.01. The van der Waals surface area contributed by atoms with Gasteiger partial charge in [0.2, 0.25) is 5.91 Å². The van der Waals surface area contributed by atoms with Crippen LogP contribution in [0, 0.1) is 17.7 Å². The molecule has 0 radical (unpaired) electrons. The molecule has 0 saturated carbocycles. The molecule has 2 aliphatic heterocycles. The number of fused-ring (bicyclic) bond motifs is 2. The number of nitrogens with one attached hydrogen (secondary N) is 1. The van der Waals surface area contributed by atoms with Gasteiger partial charge >= 0.3 is 5.97 Å². The van der Waals surface area contributed by atoms with Gasteiger partial charge in [0, 0.05) is 5.69 Å². The lowest BCUT2D eigenvalue weighted by Crippen LogP contribution is -2.40. The number of ether oxygens (including phenoxy) is 1. The van der Waals surface area contributed by atoms with E-state index in [9.17, 15) is 19.1 Å². The van der Waals surface area contributed by atoms with Crippen LogP contribution in [0.1, 0.15) is 12.8 Å². The van der Waals surface area contributed by atoms with E-state index in [1.807, 2.05) is 0 Å². The van der Waals surface area contributed by atoms with Crippen LogP contribution in [-0.4, -0.2) is 29.2 Å². The normalized spacial score (nSPS) is 31.2. The standard InChI is InChI=1S/C14H14FNO4/c15-7-1-3-8(4-2-7)16-13(17)11-9-5-6-10(20-9)12(11)14(18)19/h1-4,9-12H,5-6H2,(H,16,17)(H,18,19)/t9-,10-,11+,12-/m1/s1. The van der Waals surface area contributed by atoms with E-state index in [0.717, 1.165) is 0 Å². The predicted octanol–water partition coefficient (Wildman–Crippen LogP) is 1.64. The number of anilines is 1. The highest BCUT2D eigenvalue weighted by molar-refractivity contribution is 5.96. The molecule has 2 fully saturated rings. The third-order valence-corrected chi connectivity index (χ3v) is 3.97. The summed E-state index contributed by atoms with van der Waals surface area (Å²) >= 11 is 0. The van der Waals surface area contributed by atoms with Crippen LogP contribution in [0.5, 0.6) is 0 Å². The largest absolute Gasteiger partial charge is 0.481 e. The summed E-state index contributed by atoms with van der Waals surface area (Å²) in [5.41, 5.74) is 0.448. The fraction of sp³-hybridized carbons (Fsp3) is 0.429. The summed E-state index contributed by atoms with van der Waals surface area (Å²) in [4.78, 5) is 23.5. The van der Waals surface area contributed by atoms with Crippen molar-refractivity contribution < 1.29 is 23.8 Å². The second-order valence-corrected chi connectivity index (χ2v) is 5.18. The molecule has 20 heavy (non-hydrogen) atoms. The SMILES string of the molecule is O=C(Nc1ccc(F)cc1)[C@@H]1[C@H](C(=O)O)[C@H]2CC[C@H]1O2. The van der Waals surface area contributed by atoms with Gasteiger partial charge in [-0.25, -0.2) is 4.39 Å². The van der Waals surface area contributed by atoms with E-state index in [1.54, 1.807) is 0 Å². The number of carboxylic acids is 1. The van der Waals surface area contributed by atoms with E-state index in [-0.39, 0.29) is 18.1 Å². The van der Waals surface area contributed by atoms with Gasteiger partial charge in [0.15, 0.2) is 0 Å². The quantitative estimate of drug-likeness (QED) is 0.882. The molecule has 2 saturated heterocycles. The molecule has 3 rings (SSSR count). The van der Waals surface area contributed by atoms with Gasteiger partial charge in [0.1, 0.15) is 5.82 Å². The molecule has 0 aromatic heterocycles. The number of carboxylic acid groups (broad SMARTS) is 1. The van der Waals surface area contributed by atoms with Crippen LogP contribution in [0.25, 0.3) is 0 Å². The number of amides is 1. The first-order valence-electron chi connectivity index (χ1n) is 6.51. The molecule has 6 heteroatoms. The van der Waals surface area contributed by atoms with Gasteiger partial charge in [-0.05, 0) is 37.1 Å². The third-order valence-electron chi connectivity index (χ3n) is 3.97. The highest BCUT2D eigenvalue weighted by Gasteiger charge is 2.55. The molecule has 2 N–H and O–H groups in total. The van der Waals surface area contributed by atoms with Gasteiger partial charge in [-0.2, -0.15) is 0 Å².